The van der Waals surface area contributed by atoms with Gasteiger partial charge in [-0.3, -0.25) is 15.1 Å². The number of carbonyl (C=O) groups is 1. The number of nitrogens with one attached hydrogen (secondary N) is 1. The number of rotatable bonds is 4. The smallest absolute Gasteiger partial charge is 0.276 e. The van der Waals surface area contributed by atoms with E-state index in [1.807, 2.05) is 29.3 Å². The third-order valence-electron chi connectivity index (χ3n) is 5.38. The molecule has 1 aromatic rings. The Labute approximate surface area is 164 Å². The third kappa shape index (κ3) is 3.68. The second-order valence-corrected chi connectivity index (χ2v) is 8.48. The van der Waals surface area contributed by atoms with Crippen molar-refractivity contribution in [3.8, 4) is 0 Å². The van der Waals surface area contributed by atoms with Gasteiger partial charge in [0.15, 0.2) is 5.17 Å². The Morgan fingerprint density at radius 3 is 2.96 bits per heavy atom. The van der Waals surface area contributed by atoms with Gasteiger partial charge in [-0.2, -0.15) is 0 Å². The van der Waals surface area contributed by atoms with E-state index in [0.717, 1.165) is 48.4 Å². The molecule has 0 fully saturated rings. The molecule has 0 unspecified atom stereocenters. The SMILES string of the molecule is CCCCSC1=NN2C(=c3ccccc3=N[C@H]2[C@H]2CC=C(C)CC2)C(=O)N1. The number of hydrogen-bond donors (Lipinski definition) is 1. The van der Waals surface area contributed by atoms with Crippen LogP contribution in [0.25, 0.3) is 5.70 Å². The van der Waals surface area contributed by atoms with Gasteiger partial charge in [0.05, 0.1) is 5.36 Å². The van der Waals surface area contributed by atoms with E-state index < -0.39 is 0 Å². The van der Waals surface area contributed by atoms with E-state index in [2.05, 4.69) is 25.2 Å². The Morgan fingerprint density at radius 2 is 2.19 bits per heavy atom. The largest absolute Gasteiger partial charge is 0.298 e. The Bertz CT molecular complexity index is 920. The fraction of sp³-hybridized carbons (Fsp3) is 0.476. The highest BCUT2D eigenvalue weighted by Gasteiger charge is 2.37. The van der Waals surface area contributed by atoms with Crippen LogP contribution in [-0.4, -0.2) is 28.0 Å². The number of hydrogen-bond acceptors (Lipinski definition) is 5. The number of thioether (sulfide) groups is 1. The quantitative estimate of drug-likeness (QED) is 0.643. The van der Waals surface area contributed by atoms with Crippen molar-refractivity contribution in [1.29, 1.82) is 0 Å². The molecule has 2 heterocycles. The number of hydrazone groups is 1. The molecule has 6 heteroatoms. The first-order valence-electron chi connectivity index (χ1n) is 9.82. The number of amidine groups is 1. The van der Waals surface area contributed by atoms with E-state index in [0.29, 0.717) is 16.8 Å². The average Bonchev–Trinajstić information content (AvgIpc) is 2.68. The average molecular weight is 383 g/mol. The summed E-state index contributed by atoms with van der Waals surface area (Å²) >= 11 is 1.62. The minimum Gasteiger partial charge on any atom is -0.298 e. The van der Waals surface area contributed by atoms with E-state index >= 15 is 0 Å². The maximum Gasteiger partial charge on any atom is 0.276 e. The van der Waals surface area contributed by atoms with Crippen molar-refractivity contribution in [2.45, 2.75) is 52.1 Å². The lowest BCUT2D eigenvalue weighted by molar-refractivity contribution is -0.116. The van der Waals surface area contributed by atoms with Crippen molar-refractivity contribution in [2.75, 3.05) is 5.75 Å². The molecular formula is C21H26N4OS. The third-order valence-corrected chi connectivity index (χ3v) is 6.33. The highest BCUT2D eigenvalue weighted by molar-refractivity contribution is 8.13. The monoisotopic (exact) mass is 382 g/mol. The number of carbonyl (C=O) groups excluding carboxylic acids is 1. The summed E-state index contributed by atoms with van der Waals surface area (Å²) in [5, 5.41) is 12.2. The number of benzene rings is 1. The molecule has 1 aliphatic carbocycles. The van der Waals surface area contributed by atoms with Gasteiger partial charge in [0.25, 0.3) is 5.91 Å². The molecule has 27 heavy (non-hydrogen) atoms. The summed E-state index contributed by atoms with van der Waals surface area (Å²) in [6.07, 6.45) is 7.60. The number of fused-ring (bicyclic) bond motifs is 2. The summed E-state index contributed by atoms with van der Waals surface area (Å²) in [5.74, 6) is 1.26. The van der Waals surface area contributed by atoms with Gasteiger partial charge in [0.2, 0.25) is 0 Å². The zero-order chi connectivity index (χ0) is 18.8. The first-order chi connectivity index (χ1) is 13.2. The molecule has 3 aliphatic rings. The summed E-state index contributed by atoms with van der Waals surface area (Å²) < 4.78 is 0. The van der Waals surface area contributed by atoms with E-state index in [-0.39, 0.29) is 12.1 Å². The summed E-state index contributed by atoms with van der Waals surface area (Å²) in [7, 11) is 0. The molecule has 0 bridgehead atoms. The van der Waals surface area contributed by atoms with E-state index in [9.17, 15) is 4.79 Å². The molecule has 1 aromatic carbocycles. The maximum absolute atomic E-state index is 13.0. The van der Waals surface area contributed by atoms with Crippen LogP contribution in [0, 0.1) is 5.92 Å². The fourth-order valence-electron chi connectivity index (χ4n) is 3.79. The first-order valence-corrected chi connectivity index (χ1v) is 10.8. The van der Waals surface area contributed by atoms with E-state index in [1.165, 1.54) is 5.57 Å². The number of amides is 1. The van der Waals surface area contributed by atoms with E-state index in [1.54, 1.807) is 11.8 Å². The molecule has 142 valence electrons. The lowest BCUT2D eigenvalue weighted by Crippen LogP contribution is -2.54. The highest BCUT2D eigenvalue weighted by Crippen LogP contribution is 2.33. The van der Waals surface area contributed by atoms with Crippen LogP contribution >= 0.6 is 11.8 Å². The van der Waals surface area contributed by atoms with E-state index in [4.69, 9.17) is 10.1 Å². The van der Waals surface area contributed by atoms with Crippen molar-refractivity contribution >= 4 is 28.5 Å². The minimum atomic E-state index is -0.118. The molecule has 1 N–H and O–H groups in total. The number of para-hydroxylation sites is 1. The van der Waals surface area contributed by atoms with Crippen LogP contribution in [0.3, 0.4) is 0 Å². The van der Waals surface area contributed by atoms with Gasteiger partial charge in [-0.1, -0.05) is 55.0 Å². The van der Waals surface area contributed by atoms with Crippen molar-refractivity contribution in [1.82, 2.24) is 10.3 Å². The zero-order valence-electron chi connectivity index (χ0n) is 15.9. The summed E-state index contributed by atoms with van der Waals surface area (Å²) in [6.45, 7) is 4.36. The number of allylic oxidation sites excluding steroid dienone is 2. The summed E-state index contributed by atoms with van der Waals surface area (Å²) in [5.41, 5.74) is 2.08. The van der Waals surface area contributed by atoms with Crippen LogP contribution in [0.5, 0.6) is 0 Å². The summed E-state index contributed by atoms with van der Waals surface area (Å²) in [6, 6.07) is 7.90. The Kier molecular flexibility index (Phi) is 5.34. The van der Waals surface area contributed by atoms with Crippen LogP contribution in [0.1, 0.15) is 46.0 Å². The van der Waals surface area contributed by atoms with Crippen LogP contribution in [0.2, 0.25) is 0 Å². The molecule has 0 aromatic heterocycles. The molecule has 1 amide bonds. The fourth-order valence-corrected chi connectivity index (χ4v) is 4.73. The Balaban J connectivity index is 1.75. The lowest BCUT2D eigenvalue weighted by Gasteiger charge is -2.38. The molecule has 2 atom stereocenters. The molecule has 5 nitrogen and oxygen atoms in total. The lowest BCUT2D eigenvalue weighted by atomic mass is 9.87. The summed E-state index contributed by atoms with van der Waals surface area (Å²) in [4.78, 5) is 18.0. The van der Waals surface area contributed by atoms with Gasteiger partial charge in [0.1, 0.15) is 11.9 Å². The van der Waals surface area contributed by atoms with Gasteiger partial charge < -0.3 is 0 Å². The predicted molar refractivity (Wildman–Crippen MR) is 110 cm³/mol. The highest BCUT2D eigenvalue weighted by atomic mass is 32.2. The first kappa shape index (κ1) is 18.3. The number of unbranched alkanes of at least 4 members (excludes halogenated alkanes) is 1. The van der Waals surface area contributed by atoms with Crippen LogP contribution in [-0.2, 0) is 4.79 Å². The topological polar surface area (TPSA) is 57.1 Å². The molecule has 2 aliphatic heterocycles. The van der Waals surface area contributed by atoms with Crippen LogP contribution < -0.4 is 15.9 Å². The zero-order valence-corrected chi connectivity index (χ0v) is 16.8. The number of nitrogens with zero attached hydrogens (tertiary/aromatic N) is 3. The van der Waals surface area contributed by atoms with Crippen molar-refractivity contribution in [3.63, 3.8) is 0 Å². The normalized spacial score (nSPS) is 24.3. The second-order valence-electron chi connectivity index (χ2n) is 7.40. The molecule has 0 spiro atoms. The molecule has 0 radical (unpaired) electrons. The van der Waals surface area contributed by atoms with Gasteiger partial charge in [-0.05, 0) is 38.7 Å². The van der Waals surface area contributed by atoms with Crippen LogP contribution in [0.4, 0.5) is 0 Å². The van der Waals surface area contributed by atoms with Crippen molar-refractivity contribution in [2.24, 2.45) is 16.0 Å². The Hall–Kier alpha value is -2.08. The molecule has 0 saturated heterocycles. The predicted octanol–water partition coefficient (Wildman–Crippen LogP) is 2.74. The maximum atomic E-state index is 13.0. The molecule has 4 rings (SSSR count). The molecule has 0 saturated carbocycles. The van der Waals surface area contributed by atoms with Gasteiger partial charge in [-0.25, -0.2) is 5.01 Å². The van der Waals surface area contributed by atoms with Crippen LogP contribution in [0.15, 0.2) is 46.0 Å². The van der Waals surface area contributed by atoms with Gasteiger partial charge in [-0.15, -0.1) is 5.10 Å². The van der Waals surface area contributed by atoms with Crippen molar-refractivity contribution in [3.05, 3.63) is 46.5 Å². The Morgan fingerprint density at radius 1 is 1.33 bits per heavy atom. The second kappa shape index (κ2) is 7.89. The van der Waals surface area contributed by atoms with Crippen molar-refractivity contribution < 1.29 is 4.79 Å². The molecular weight excluding hydrogens is 356 g/mol. The minimum absolute atomic E-state index is 0.0705. The van der Waals surface area contributed by atoms with Gasteiger partial charge in [0, 0.05) is 16.9 Å². The standard InChI is InChI=1S/C21H26N4OS/c1-3-4-13-27-21-23-20(26)18-16-7-5-6-8-17(16)22-19(25(18)24-21)15-11-9-14(2)10-12-15/h5-9,15,19H,3-4,10-13H2,1-2H3,(H,23,24,26)/t15-,19+/m0/s1. The van der Waals surface area contributed by atoms with Gasteiger partial charge >= 0.3 is 0 Å².